The van der Waals surface area contributed by atoms with Crippen molar-refractivity contribution in [1.82, 2.24) is 10.2 Å². The van der Waals surface area contributed by atoms with Crippen LogP contribution in [-0.2, 0) is 0 Å². The van der Waals surface area contributed by atoms with E-state index < -0.39 is 0 Å². The van der Waals surface area contributed by atoms with Crippen molar-refractivity contribution in [1.29, 1.82) is 0 Å². The summed E-state index contributed by atoms with van der Waals surface area (Å²) in [6, 6.07) is 0. The van der Waals surface area contributed by atoms with Crippen LogP contribution >= 0.6 is 0 Å². The SMILES string of the molecule is CC1=CC(N(CCN)CCN=O)=NCN1. The fourth-order valence-corrected chi connectivity index (χ4v) is 1.39. The van der Waals surface area contributed by atoms with Gasteiger partial charge in [-0.15, -0.1) is 0 Å². The Kier molecular flexibility index (Phi) is 4.76. The molecule has 0 spiro atoms. The molecule has 0 aromatic rings. The van der Waals surface area contributed by atoms with Gasteiger partial charge in [-0.1, -0.05) is 5.18 Å². The second-order valence-electron chi connectivity index (χ2n) is 3.31. The maximum absolute atomic E-state index is 10.1. The molecule has 1 heterocycles. The predicted molar refractivity (Wildman–Crippen MR) is 60.5 cm³/mol. The van der Waals surface area contributed by atoms with Crippen LogP contribution < -0.4 is 11.1 Å². The van der Waals surface area contributed by atoms with E-state index in [1.165, 1.54) is 0 Å². The molecule has 1 rings (SSSR count). The summed E-state index contributed by atoms with van der Waals surface area (Å²) >= 11 is 0. The van der Waals surface area contributed by atoms with E-state index in [2.05, 4.69) is 15.5 Å². The highest BCUT2D eigenvalue weighted by atomic mass is 16.3. The first-order chi connectivity index (χ1) is 7.27. The number of nitrogens with two attached hydrogens (primary N) is 1. The smallest absolute Gasteiger partial charge is 0.127 e. The van der Waals surface area contributed by atoms with Crippen LogP contribution in [0.3, 0.4) is 0 Å². The van der Waals surface area contributed by atoms with Gasteiger partial charge in [0, 0.05) is 25.3 Å². The Morgan fingerprint density at radius 2 is 2.47 bits per heavy atom. The molecule has 15 heavy (non-hydrogen) atoms. The molecule has 0 unspecified atom stereocenters. The van der Waals surface area contributed by atoms with Crippen LogP contribution in [0.4, 0.5) is 0 Å². The predicted octanol–water partition coefficient (Wildman–Crippen LogP) is -0.123. The van der Waals surface area contributed by atoms with E-state index in [-0.39, 0.29) is 6.54 Å². The van der Waals surface area contributed by atoms with E-state index in [4.69, 9.17) is 5.73 Å². The van der Waals surface area contributed by atoms with Gasteiger partial charge in [-0.25, -0.2) is 4.99 Å². The number of amidine groups is 1. The lowest BCUT2D eigenvalue weighted by Gasteiger charge is -2.25. The van der Waals surface area contributed by atoms with Crippen molar-refractivity contribution in [3.05, 3.63) is 16.7 Å². The summed E-state index contributed by atoms with van der Waals surface area (Å²) in [5.41, 5.74) is 6.57. The van der Waals surface area contributed by atoms with Crippen molar-refractivity contribution in [2.45, 2.75) is 6.92 Å². The number of hydrogen-bond donors (Lipinski definition) is 2. The van der Waals surface area contributed by atoms with Crippen molar-refractivity contribution < 1.29 is 0 Å². The molecule has 0 saturated heterocycles. The van der Waals surface area contributed by atoms with Crippen LogP contribution in [0.5, 0.6) is 0 Å². The third kappa shape index (κ3) is 3.67. The Morgan fingerprint density at radius 3 is 3.07 bits per heavy atom. The number of nitroso groups, excluding NO2 is 1. The maximum Gasteiger partial charge on any atom is 0.127 e. The van der Waals surface area contributed by atoms with Crippen molar-refractivity contribution in [2.75, 3.05) is 32.8 Å². The molecule has 1 aliphatic heterocycles. The number of nitrogens with zero attached hydrogens (tertiary/aromatic N) is 3. The van der Waals surface area contributed by atoms with E-state index >= 15 is 0 Å². The van der Waals surface area contributed by atoms with E-state index in [1.807, 2.05) is 17.9 Å². The maximum atomic E-state index is 10.1. The zero-order valence-electron chi connectivity index (χ0n) is 8.94. The highest BCUT2D eigenvalue weighted by Gasteiger charge is 2.10. The molecule has 0 radical (unpaired) electrons. The molecular weight excluding hydrogens is 194 g/mol. The number of allylic oxidation sites excluding steroid dienone is 1. The fourth-order valence-electron chi connectivity index (χ4n) is 1.39. The molecule has 0 aliphatic carbocycles. The molecule has 84 valence electrons. The van der Waals surface area contributed by atoms with Gasteiger partial charge in [0.2, 0.25) is 0 Å². The topological polar surface area (TPSA) is 83.1 Å². The van der Waals surface area contributed by atoms with Crippen LogP contribution in [0.2, 0.25) is 0 Å². The lowest BCUT2D eigenvalue weighted by atomic mass is 10.3. The normalized spacial score (nSPS) is 15.1. The van der Waals surface area contributed by atoms with Crippen LogP contribution in [0, 0.1) is 4.91 Å². The summed E-state index contributed by atoms with van der Waals surface area (Å²) < 4.78 is 0. The summed E-state index contributed by atoms with van der Waals surface area (Å²) in [4.78, 5) is 16.4. The van der Waals surface area contributed by atoms with Gasteiger partial charge < -0.3 is 16.0 Å². The second kappa shape index (κ2) is 6.13. The molecule has 0 saturated carbocycles. The Labute approximate surface area is 89.2 Å². The number of nitrogens with one attached hydrogen (secondary N) is 1. The van der Waals surface area contributed by atoms with Gasteiger partial charge in [0.25, 0.3) is 0 Å². The van der Waals surface area contributed by atoms with Gasteiger partial charge >= 0.3 is 0 Å². The Balaban J connectivity index is 2.61. The van der Waals surface area contributed by atoms with Crippen molar-refractivity contribution in [2.24, 2.45) is 15.9 Å². The quantitative estimate of drug-likeness (QED) is 0.621. The number of aliphatic imine (C=N–C) groups is 1. The van der Waals surface area contributed by atoms with Crippen molar-refractivity contribution >= 4 is 5.84 Å². The summed E-state index contributed by atoms with van der Waals surface area (Å²) in [6.45, 7) is 4.62. The summed E-state index contributed by atoms with van der Waals surface area (Å²) in [7, 11) is 0. The highest BCUT2D eigenvalue weighted by molar-refractivity contribution is 5.94. The largest absolute Gasteiger partial charge is 0.370 e. The minimum Gasteiger partial charge on any atom is -0.370 e. The third-order valence-corrected chi connectivity index (χ3v) is 2.13. The van der Waals surface area contributed by atoms with E-state index in [0.29, 0.717) is 26.3 Å². The van der Waals surface area contributed by atoms with Gasteiger partial charge in [-0.2, -0.15) is 4.91 Å². The molecule has 0 bridgehead atoms. The van der Waals surface area contributed by atoms with Crippen molar-refractivity contribution in [3.63, 3.8) is 0 Å². The zero-order valence-corrected chi connectivity index (χ0v) is 8.94. The Morgan fingerprint density at radius 1 is 1.67 bits per heavy atom. The molecule has 6 heteroatoms. The summed E-state index contributed by atoms with van der Waals surface area (Å²) in [5.74, 6) is 0.875. The summed E-state index contributed by atoms with van der Waals surface area (Å²) in [5, 5.41) is 5.94. The van der Waals surface area contributed by atoms with Crippen molar-refractivity contribution in [3.8, 4) is 0 Å². The molecule has 0 fully saturated rings. The Bertz CT molecular complexity index is 274. The second-order valence-corrected chi connectivity index (χ2v) is 3.31. The van der Waals surface area contributed by atoms with Crippen LogP contribution in [-0.4, -0.2) is 43.6 Å². The van der Waals surface area contributed by atoms with Crippen LogP contribution in [0.25, 0.3) is 0 Å². The van der Waals surface area contributed by atoms with E-state index in [9.17, 15) is 4.91 Å². The average molecular weight is 211 g/mol. The Hall–Kier alpha value is -1.43. The van der Waals surface area contributed by atoms with Gasteiger partial charge in [0.05, 0.1) is 6.54 Å². The number of rotatable bonds is 5. The molecule has 6 nitrogen and oxygen atoms in total. The van der Waals surface area contributed by atoms with Gasteiger partial charge in [-0.05, 0) is 13.0 Å². The van der Waals surface area contributed by atoms with Gasteiger partial charge in [0.15, 0.2) is 0 Å². The standard InChI is InChI=1S/C9H17N5O/c1-8-6-9(12-7-11-8)14(4-2-10)5-3-13-15/h6,11H,2-5,7,10H2,1H3. The lowest BCUT2D eigenvalue weighted by Crippen LogP contribution is -2.38. The molecular formula is C9H17N5O. The highest BCUT2D eigenvalue weighted by Crippen LogP contribution is 2.01. The fraction of sp³-hybridized carbons (Fsp3) is 0.667. The summed E-state index contributed by atoms with van der Waals surface area (Å²) in [6.07, 6.45) is 1.95. The molecule has 0 aromatic heterocycles. The monoisotopic (exact) mass is 211 g/mol. The zero-order chi connectivity index (χ0) is 11.1. The van der Waals surface area contributed by atoms with E-state index in [0.717, 1.165) is 11.5 Å². The molecule has 1 aliphatic rings. The number of hydrogen-bond acceptors (Lipinski definition) is 6. The molecule has 0 amide bonds. The van der Waals surface area contributed by atoms with E-state index in [1.54, 1.807) is 0 Å². The lowest BCUT2D eigenvalue weighted by molar-refractivity contribution is 0.436. The minimum absolute atomic E-state index is 0.263. The third-order valence-electron chi connectivity index (χ3n) is 2.13. The minimum atomic E-state index is 0.263. The molecule has 3 N–H and O–H groups in total. The van der Waals surface area contributed by atoms with Crippen LogP contribution in [0.15, 0.2) is 21.9 Å². The first-order valence-corrected chi connectivity index (χ1v) is 4.98. The van der Waals surface area contributed by atoms with Gasteiger partial charge in [-0.3, -0.25) is 0 Å². The van der Waals surface area contributed by atoms with Crippen LogP contribution in [0.1, 0.15) is 6.92 Å². The first kappa shape index (κ1) is 11.6. The average Bonchev–Trinajstić information content (AvgIpc) is 2.24. The van der Waals surface area contributed by atoms with Gasteiger partial charge in [0.1, 0.15) is 12.5 Å². The first-order valence-electron chi connectivity index (χ1n) is 4.98. The molecule has 0 aromatic carbocycles. The molecule has 0 atom stereocenters.